The van der Waals surface area contributed by atoms with Gasteiger partial charge in [-0.15, -0.1) is 0 Å². The standard InChI is InChI=1S/C18H24N2O3/c1-3-19-11-17-13(2)18(23-20-17)14-6-8-15(9-7-14)22-12-16-5-4-10-21-16/h6-9,16,19H,3-5,10-12H2,1-2H3. The summed E-state index contributed by atoms with van der Waals surface area (Å²) in [6.45, 7) is 7.24. The van der Waals surface area contributed by atoms with Crippen molar-refractivity contribution in [3.63, 3.8) is 0 Å². The molecule has 1 aromatic heterocycles. The van der Waals surface area contributed by atoms with Gasteiger partial charge in [0, 0.05) is 24.3 Å². The molecule has 1 atom stereocenters. The molecular weight excluding hydrogens is 292 g/mol. The Labute approximate surface area is 137 Å². The third-order valence-corrected chi connectivity index (χ3v) is 4.14. The number of benzene rings is 1. The van der Waals surface area contributed by atoms with Crippen LogP contribution in [0.4, 0.5) is 0 Å². The Balaban J connectivity index is 1.63. The van der Waals surface area contributed by atoms with E-state index in [1.165, 1.54) is 0 Å². The Kier molecular flexibility index (Phi) is 5.31. The fourth-order valence-electron chi connectivity index (χ4n) is 2.71. The van der Waals surface area contributed by atoms with Crippen LogP contribution in [0.3, 0.4) is 0 Å². The summed E-state index contributed by atoms with van der Waals surface area (Å²) in [5.74, 6) is 1.68. The minimum absolute atomic E-state index is 0.236. The fraction of sp³-hybridized carbons (Fsp3) is 0.500. The number of rotatable bonds is 7. The summed E-state index contributed by atoms with van der Waals surface area (Å²) in [6, 6.07) is 7.96. The SMILES string of the molecule is CCNCc1noc(-c2ccc(OCC3CCCO3)cc2)c1C. The third-order valence-electron chi connectivity index (χ3n) is 4.14. The molecule has 1 fully saturated rings. The Bertz CT molecular complexity index is 616. The molecular formula is C18H24N2O3. The van der Waals surface area contributed by atoms with Gasteiger partial charge >= 0.3 is 0 Å². The van der Waals surface area contributed by atoms with E-state index >= 15 is 0 Å². The van der Waals surface area contributed by atoms with E-state index in [0.717, 1.165) is 60.9 Å². The van der Waals surface area contributed by atoms with E-state index in [-0.39, 0.29) is 6.10 Å². The van der Waals surface area contributed by atoms with E-state index in [1.54, 1.807) is 0 Å². The van der Waals surface area contributed by atoms with Crippen molar-refractivity contribution in [3.8, 4) is 17.1 Å². The molecule has 0 saturated carbocycles. The largest absolute Gasteiger partial charge is 0.491 e. The lowest BCUT2D eigenvalue weighted by Gasteiger charge is -2.11. The van der Waals surface area contributed by atoms with E-state index in [9.17, 15) is 0 Å². The molecule has 2 heterocycles. The second kappa shape index (κ2) is 7.62. The van der Waals surface area contributed by atoms with E-state index in [1.807, 2.05) is 31.2 Å². The van der Waals surface area contributed by atoms with Gasteiger partial charge in [0.25, 0.3) is 0 Å². The Morgan fingerprint density at radius 3 is 2.83 bits per heavy atom. The average Bonchev–Trinajstić information content (AvgIpc) is 3.22. The summed E-state index contributed by atoms with van der Waals surface area (Å²) >= 11 is 0. The van der Waals surface area contributed by atoms with Crippen LogP contribution in [0, 0.1) is 6.92 Å². The van der Waals surface area contributed by atoms with Crippen molar-refractivity contribution in [2.45, 2.75) is 39.3 Å². The number of nitrogens with one attached hydrogen (secondary N) is 1. The number of nitrogens with zero attached hydrogens (tertiary/aromatic N) is 1. The van der Waals surface area contributed by atoms with Crippen LogP contribution >= 0.6 is 0 Å². The summed E-state index contributed by atoms with van der Waals surface area (Å²) < 4.78 is 16.9. The first-order chi connectivity index (χ1) is 11.3. The summed E-state index contributed by atoms with van der Waals surface area (Å²) in [4.78, 5) is 0. The van der Waals surface area contributed by atoms with Gasteiger partial charge in [0.15, 0.2) is 5.76 Å². The predicted molar refractivity (Wildman–Crippen MR) is 88.5 cm³/mol. The predicted octanol–water partition coefficient (Wildman–Crippen LogP) is 3.32. The molecule has 1 saturated heterocycles. The fourth-order valence-corrected chi connectivity index (χ4v) is 2.71. The molecule has 1 unspecified atom stereocenters. The van der Waals surface area contributed by atoms with Gasteiger partial charge in [0.05, 0.1) is 6.10 Å². The molecule has 3 rings (SSSR count). The molecule has 0 radical (unpaired) electrons. The molecule has 5 heteroatoms. The van der Waals surface area contributed by atoms with Gasteiger partial charge in [-0.1, -0.05) is 12.1 Å². The molecule has 0 bridgehead atoms. The molecule has 0 spiro atoms. The zero-order chi connectivity index (χ0) is 16.1. The van der Waals surface area contributed by atoms with Gasteiger partial charge in [-0.25, -0.2) is 0 Å². The molecule has 2 aromatic rings. The van der Waals surface area contributed by atoms with Crippen LogP contribution in [-0.2, 0) is 11.3 Å². The van der Waals surface area contributed by atoms with Crippen LogP contribution < -0.4 is 10.1 Å². The quantitative estimate of drug-likeness (QED) is 0.849. The van der Waals surface area contributed by atoms with Crippen LogP contribution in [0.2, 0.25) is 0 Å². The first kappa shape index (κ1) is 16.0. The Morgan fingerprint density at radius 2 is 2.13 bits per heavy atom. The molecule has 0 aliphatic carbocycles. The highest BCUT2D eigenvalue weighted by Crippen LogP contribution is 2.27. The summed E-state index contributed by atoms with van der Waals surface area (Å²) in [5, 5.41) is 7.42. The maximum atomic E-state index is 5.79. The van der Waals surface area contributed by atoms with Gasteiger partial charge in [0.2, 0.25) is 0 Å². The minimum atomic E-state index is 0.236. The Morgan fingerprint density at radius 1 is 1.30 bits per heavy atom. The summed E-state index contributed by atoms with van der Waals surface area (Å²) in [7, 11) is 0. The van der Waals surface area contributed by atoms with Crippen molar-refractivity contribution < 1.29 is 14.0 Å². The van der Waals surface area contributed by atoms with Gasteiger partial charge in [-0.2, -0.15) is 0 Å². The van der Waals surface area contributed by atoms with Crippen molar-refractivity contribution in [1.82, 2.24) is 10.5 Å². The highest BCUT2D eigenvalue weighted by Gasteiger charge is 2.16. The van der Waals surface area contributed by atoms with Gasteiger partial charge in [-0.05, 0) is 50.6 Å². The number of aromatic nitrogens is 1. The molecule has 1 aliphatic heterocycles. The van der Waals surface area contributed by atoms with Crippen molar-refractivity contribution >= 4 is 0 Å². The first-order valence-electron chi connectivity index (χ1n) is 8.28. The normalized spacial score (nSPS) is 17.6. The van der Waals surface area contributed by atoms with E-state index in [2.05, 4.69) is 17.4 Å². The second-order valence-electron chi connectivity index (χ2n) is 5.83. The molecule has 23 heavy (non-hydrogen) atoms. The van der Waals surface area contributed by atoms with Crippen LogP contribution in [0.25, 0.3) is 11.3 Å². The lowest BCUT2D eigenvalue weighted by atomic mass is 10.1. The van der Waals surface area contributed by atoms with E-state index < -0.39 is 0 Å². The molecule has 1 aromatic carbocycles. The van der Waals surface area contributed by atoms with Gasteiger partial charge in [0.1, 0.15) is 18.1 Å². The minimum Gasteiger partial charge on any atom is -0.491 e. The molecule has 5 nitrogen and oxygen atoms in total. The lowest BCUT2D eigenvalue weighted by Crippen LogP contribution is -2.16. The Hall–Kier alpha value is -1.85. The lowest BCUT2D eigenvalue weighted by molar-refractivity contribution is 0.0679. The van der Waals surface area contributed by atoms with Crippen LogP contribution in [0.1, 0.15) is 31.0 Å². The van der Waals surface area contributed by atoms with Crippen LogP contribution in [-0.4, -0.2) is 31.0 Å². The summed E-state index contributed by atoms with van der Waals surface area (Å²) in [6.07, 6.45) is 2.46. The zero-order valence-electron chi connectivity index (χ0n) is 13.8. The van der Waals surface area contributed by atoms with Crippen molar-refractivity contribution in [3.05, 3.63) is 35.5 Å². The zero-order valence-corrected chi connectivity index (χ0v) is 13.8. The van der Waals surface area contributed by atoms with Gasteiger partial charge in [-0.3, -0.25) is 0 Å². The first-order valence-corrected chi connectivity index (χ1v) is 8.28. The number of hydrogen-bond donors (Lipinski definition) is 1. The van der Waals surface area contributed by atoms with E-state index in [0.29, 0.717) is 6.61 Å². The molecule has 1 aliphatic rings. The van der Waals surface area contributed by atoms with Gasteiger partial charge < -0.3 is 19.3 Å². The second-order valence-corrected chi connectivity index (χ2v) is 5.83. The summed E-state index contributed by atoms with van der Waals surface area (Å²) in [5.41, 5.74) is 3.06. The average molecular weight is 316 g/mol. The van der Waals surface area contributed by atoms with Crippen molar-refractivity contribution in [2.24, 2.45) is 0 Å². The number of ether oxygens (including phenoxy) is 2. The topological polar surface area (TPSA) is 56.5 Å². The smallest absolute Gasteiger partial charge is 0.170 e. The number of hydrogen-bond acceptors (Lipinski definition) is 5. The highest BCUT2D eigenvalue weighted by atomic mass is 16.5. The third kappa shape index (κ3) is 3.92. The van der Waals surface area contributed by atoms with E-state index in [4.69, 9.17) is 14.0 Å². The maximum absolute atomic E-state index is 5.79. The maximum Gasteiger partial charge on any atom is 0.170 e. The van der Waals surface area contributed by atoms with Crippen LogP contribution in [0.5, 0.6) is 5.75 Å². The molecule has 1 N–H and O–H groups in total. The van der Waals surface area contributed by atoms with Crippen molar-refractivity contribution in [2.75, 3.05) is 19.8 Å². The van der Waals surface area contributed by atoms with Crippen molar-refractivity contribution in [1.29, 1.82) is 0 Å². The highest BCUT2D eigenvalue weighted by molar-refractivity contribution is 5.62. The van der Waals surface area contributed by atoms with Crippen LogP contribution in [0.15, 0.2) is 28.8 Å². The molecule has 0 amide bonds. The molecule has 124 valence electrons. The monoisotopic (exact) mass is 316 g/mol.